The van der Waals surface area contributed by atoms with Gasteiger partial charge in [-0.1, -0.05) is 37.3 Å². The second kappa shape index (κ2) is 5.35. The highest BCUT2D eigenvalue weighted by atomic mass is 16.5. The Hall–Kier alpha value is -1.57. The minimum absolute atomic E-state index is 0.268. The van der Waals surface area contributed by atoms with Crippen LogP contribution in [0.2, 0.25) is 0 Å². The van der Waals surface area contributed by atoms with Crippen LogP contribution >= 0.6 is 0 Å². The van der Waals surface area contributed by atoms with E-state index in [1.807, 2.05) is 32.0 Å². The number of esters is 1. The van der Waals surface area contributed by atoms with Crippen molar-refractivity contribution in [3.63, 3.8) is 0 Å². The Labute approximate surface area is 90.6 Å². The van der Waals surface area contributed by atoms with Crippen molar-refractivity contribution < 1.29 is 9.53 Å². The average Bonchev–Trinajstić information content (AvgIpc) is 2.25. The van der Waals surface area contributed by atoms with Crippen LogP contribution in [0, 0.1) is 0 Å². The van der Waals surface area contributed by atoms with Crippen molar-refractivity contribution >= 4 is 11.5 Å². The van der Waals surface area contributed by atoms with Crippen molar-refractivity contribution in [1.29, 1.82) is 0 Å². The molecule has 2 nitrogen and oxygen atoms in total. The molecule has 0 aliphatic rings. The Bertz CT molecular complexity index is 367. The zero-order valence-electron chi connectivity index (χ0n) is 9.25. The quantitative estimate of drug-likeness (QED) is 0.703. The molecule has 0 heterocycles. The Morgan fingerprint density at radius 2 is 1.93 bits per heavy atom. The second-order valence-corrected chi connectivity index (χ2v) is 3.46. The minimum Gasteiger partial charge on any atom is -0.462 e. The number of hydrogen-bond acceptors (Lipinski definition) is 2. The molecule has 0 bridgehead atoms. The van der Waals surface area contributed by atoms with Gasteiger partial charge in [0.05, 0.1) is 12.2 Å². The highest BCUT2D eigenvalue weighted by Gasteiger charge is 2.11. The third-order valence-corrected chi connectivity index (χ3v) is 2.04. The first kappa shape index (κ1) is 11.5. The second-order valence-electron chi connectivity index (χ2n) is 3.46. The van der Waals surface area contributed by atoms with Crippen LogP contribution in [0.1, 0.15) is 36.2 Å². The number of ether oxygens (including phenoxy) is 1. The molecule has 80 valence electrons. The highest BCUT2D eigenvalue weighted by Crippen LogP contribution is 2.17. The normalized spacial score (nSPS) is 9.73. The molecule has 0 N–H and O–H groups in total. The first-order valence-electron chi connectivity index (χ1n) is 5.08. The van der Waals surface area contributed by atoms with Gasteiger partial charge in [-0.05, 0) is 25.0 Å². The van der Waals surface area contributed by atoms with E-state index < -0.39 is 0 Å². The molecule has 0 spiro atoms. The molecule has 0 fully saturated rings. The topological polar surface area (TPSA) is 26.3 Å². The van der Waals surface area contributed by atoms with Gasteiger partial charge < -0.3 is 4.74 Å². The van der Waals surface area contributed by atoms with E-state index in [1.54, 1.807) is 6.07 Å². The van der Waals surface area contributed by atoms with Crippen LogP contribution in [0.4, 0.5) is 0 Å². The van der Waals surface area contributed by atoms with Crippen LogP contribution in [-0.4, -0.2) is 12.6 Å². The molecule has 0 aliphatic heterocycles. The molecule has 0 saturated carbocycles. The lowest BCUT2D eigenvalue weighted by molar-refractivity contribution is 0.0505. The molecule has 0 unspecified atom stereocenters. The molecule has 15 heavy (non-hydrogen) atoms. The molecule has 2 heteroatoms. The van der Waals surface area contributed by atoms with E-state index >= 15 is 0 Å². The largest absolute Gasteiger partial charge is 0.462 e. The maximum absolute atomic E-state index is 11.7. The van der Waals surface area contributed by atoms with E-state index in [9.17, 15) is 4.79 Å². The van der Waals surface area contributed by atoms with Crippen LogP contribution in [-0.2, 0) is 4.74 Å². The summed E-state index contributed by atoms with van der Waals surface area (Å²) in [5, 5.41) is 0. The highest BCUT2D eigenvalue weighted by molar-refractivity contribution is 5.95. The molecule has 0 aliphatic carbocycles. The zero-order valence-corrected chi connectivity index (χ0v) is 9.25. The van der Waals surface area contributed by atoms with Crippen molar-refractivity contribution in [3.05, 3.63) is 42.0 Å². The van der Waals surface area contributed by atoms with Crippen LogP contribution in [0.3, 0.4) is 0 Å². The summed E-state index contributed by atoms with van der Waals surface area (Å²) in [7, 11) is 0. The molecule has 1 aromatic carbocycles. The van der Waals surface area contributed by atoms with E-state index in [-0.39, 0.29) is 5.97 Å². The summed E-state index contributed by atoms with van der Waals surface area (Å²) < 4.78 is 5.09. The fourth-order valence-electron chi connectivity index (χ4n) is 1.31. The zero-order chi connectivity index (χ0) is 11.3. The van der Waals surface area contributed by atoms with Gasteiger partial charge >= 0.3 is 5.97 Å². The third-order valence-electron chi connectivity index (χ3n) is 2.04. The predicted octanol–water partition coefficient (Wildman–Crippen LogP) is 3.29. The van der Waals surface area contributed by atoms with Crippen LogP contribution in [0.25, 0.3) is 5.57 Å². The van der Waals surface area contributed by atoms with Gasteiger partial charge in [0.25, 0.3) is 0 Å². The number of carbonyl (C=O) groups excluding carboxylic acids is 1. The van der Waals surface area contributed by atoms with Gasteiger partial charge in [0, 0.05) is 0 Å². The molecular weight excluding hydrogens is 188 g/mol. The number of hydrogen-bond donors (Lipinski definition) is 0. The van der Waals surface area contributed by atoms with Crippen molar-refractivity contribution in [2.24, 2.45) is 0 Å². The summed E-state index contributed by atoms with van der Waals surface area (Å²) in [5.74, 6) is -0.268. The number of benzene rings is 1. The Kier molecular flexibility index (Phi) is 4.10. The first-order valence-corrected chi connectivity index (χ1v) is 5.08. The lowest BCUT2D eigenvalue weighted by Gasteiger charge is -2.08. The predicted molar refractivity (Wildman–Crippen MR) is 61.7 cm³/mol. The van der Waals surface area contributed by atoms with Crippen molar-refractivity contribution in [2.45, 2.75) is 20.3 Å². The molecule has 0 atom stereocenters. The molecule has 0 aromatic heterocycles. The van der Waals surface area contributed by atoms with Gasteiger partial charge in [0.2, 0.25) is 0 Å². The van der Waals surface area contributed by atoms with E-state index in [1.165, 1.54) is 0 Å². The van der Waals surface area contributed by atoms with E-state index in [0.717, 1.165) is 17.6 Å². The summed E-state index contributed by atoms with van der Waals surface area (Å²) in [6, 6.07) is 7.36. The van der Waals surface area contributed by atoms with Gasteiger partial charge in [-0.2, -0.15) is 0 Å². The summed E-state index contributed by atoms with van der Waals surface area (Å²) in [6.07, 6.45) is 0.834. The van der Waals surface area contributed by atoms with Gasteiger partial charge in [-0.3, -0.25) is 0 Å². The molecule has 1 aromatic rings. The average molecular weight is 204 g/mol. The van der Waals surface area contributed by atoms with Crippen molar-refractivity contribution in [1.82, 2.24) is 0 Å². The third kappa shape index (κ3) is 2.94. The first-order chi connectivity index (χ1) is 7.16. The smallest absolute Gasteiger partial charge is 0.338 e. The number of rotatable bonds is 4. The Balaban J connectivity index is 2.92. The van der Waals surface area contributed by atoms with E-state index in [0.29, 0.717) is 12.2 Å². The van der Waals surface area contributed by atoms with Gasteiger partial charge in [0.15, 0.2) is 0 Å². The van der Waals surface area contributed by atoms with Gasteiger partial charge in [-0.25, -0.2) is 4.79 Å². The van der Waals surface area contributed by atoms with E-state index in [4.69, 9.17) is 4.74 Å². The van der Waals surface area contributed by atoms with Crippen LogP contribution in [0.15, 0.2) is 30.8 Å². The fraction of sp³-hybridized carbons (Fsp3) is 0.308. The Morgan fingerprint density at radius 1 is 1.33 bits per heavy atom. The van der Waals surface area contributed by atoms with Crippen LogP contribution in [0.5, 0.6) is 0 Å². The molecular formula is C13H16O2. The SMILES string of the molecule is C=C(C)c1ccccc1C(=O)OCCC. The Morgan fingerprint density at radius 3 is 2.47 bits per heavy atom. The number of carbonyl (C=O) groups is 1. The lowest BCUT2D eigenvalue weighted by Crippen LogP contribution is -2.08. The van der Waals surface area contributed by atoms with Crippen molar-refractivity contribution in [3.8, 4) is 0 Å². The van der Waals surface area contributed by atoms with E-state index in [2.05, 4.69) is 6.58 Å². The van der Waals surface area contributed by atoms with Gasteiger partial charge in [0.1, 0.15) is 0 Å². The van der Waals surface area contributed by atoms with Crippen molar-refractivity contribution in [2.75, 3.05) is 6.61 Å². The number of allylic oxidation sites excluding steroid dienone is 1. The molecule has 0 saturated heterocycles. The monoisotopic (exact) mass is 204 g/mol. The van der Waals surface area contributed by atoms with Crippen LogP contribution < -0.4 is 0 Å². The summed E-state index contributed by atoms with van der Waals surface area (Å²) in [5.41, 5.74) is 2.33. The molecule has 1 rings (SSSR count). The summed E-state index contributed by atoms with van der Waals surface area (Å²) in [6.45, 7) is 8.15. The molecule has 0 amide bonds. The summed E-state index contributed by atoms with van der Waals surface area (Å²) >= 11 is 0. The fourth-order valence-corrected chi connectivity index (χ4v) is 1.31. The summed E-state index contributed by atoms with van der Waals surface area (Å²) in [4.78, 5) is 11.7. The standard InChI is InChI=1S/C13H16O2/c1-4-9-15-13(14)12-8-6-5-7-11(12)10(2)3/h5-8H,2,4,9H2,1,3H3. The van der Waals surface area contributed by atoms with Gasteiger partial charge in [-0.15, -0.1) is 0 Å². The maximum atomic E-state index is 11.7. The minimum atomic E-state index is -0.268. The lowest BCUT2D eigenvalue weighted by atomic mass is 10.0. The maximum Gasteiger partial charge on any atom is 0.338 e. The molecule has 0 radical (unpaired) electrons.